The van der Waals surface area contributed by atoms with Gasteiger partial charge in [-0.25, -0.2) is 8.42 Å². The molecule has 1 atom stereocenters. The average molecular weight is 304 g/mol. The predicted octanol–water partition coefficient (Wildman–Crippen LogP) is 1.68. The van der Waals surface area contributed by atoms with E-state index in [9.17, 15) is 13.2 Å². The Kier molecular flexibility index (Phi) is 3.85. The van der Waals surface area contributed by atoms with E-state index < -0.39 is 21.9 Å². The van der Waals surface area contributed by atoms with Crippen LogP contribution in [0.2, 0.25) is 5.02 Å². The van der Waals surface area contributed by atoms with Gasteiger partial charge in [0.05, 0.1) is 10.8 Å². The average Bonchev–Trinajstić information content (AvgIpc) is 2.26. The van der Waals surface area contributed by atoms with Crippen molar-refractivity contribution in [2.24, 2.45) is 11.8 Å². The van der Waals surface area contributed by atoms with Gasteiger partial charge in [-0.15, -0.1) is 0 Å². The molecule has 0 bridgehead atoms. The van der Waals surface area contributed by atoms with Gasteiger partial charge in [-0.05, 0) is 30.2 Å². The normalized spacial score (nSPS) is 18.8. The minimum atomic E-state index is -3.53. The molecule has 1 fully saturated rings. The van der Waals surface area contributed by atoms with Gasteiger partial charge in [0, 0.05) is 18.1 Å². The molecule has 0 saturated carbocycles. The van der Waals surface area contributed by atoms with E-state index >= 15 is 0 Å². The number of carboxylic acids is 1. The van der Waals surface area contributed by atoms with E-state index in [4.69, 9.17) is 16.7 Å². The summed E-state index contributed by atoms with van der Waals surface area (Å²) in [4.78, 5) is 11.0. The molecule has 0 amide bonds. The van der Waals surface area contributed by atoms with Crippen LogP contribution in [0.5, 0.6) is 0 Å². The highest BCUT2D eigenvalue weighted by molar-refractivity contribution is 7.89. The third-order valence-electron chi connectivity index (χ3n) is 3.42. The van der Waals surface area contributed by atoms with E-state index in [1.807, 2.05) is 0 Å². The van der Waals surface area contributed by atoms with Crippen molar-refractivity contribution in [3.8, 4) is 0 Å². The number of halogens is 1. The van der Waals surface area contributed by atoms with Crippen LogP contribution >= 0.6 is 11.6 Å². The Labute approximate surface area is 116 Å². The molecule has 0 radical (unpaired) electrons. The highest BCUT2D eigenvalue weighted by Gasteiger charge is 2.41. The van der Waals surface area contributed by atoms with Crippen LogP contribution in [0.3, 0.4) is 0 Å². The molecule has 1 aromatic carbocycles. The second-order valence-electron chi connectivity index (χ2n) is 4.66. The Morgan fingerprint density at radius 3 is 2.37 bits per heavy atom. The Balaban J connectivity index is 2.08. The molecule has 1 aromatic rings. The van der Waals surface area contributed by atoms with Gasteiger partial charge in [0.2, 0.25) is 10.0 Å². The van der Waals surface area contributed by atoms with Crippen molar-refractivity contribution < 1.29 is 18.3 Å². The molecule has 1 N–H and O–H groups in total. The van der Waals surface area contributed by atoms with Crippen LogP contribution in [0.1, 0.15) is 6.92 Å². The van der Waals surface area contributed by atoms with Crippen LogP contribution < -0.4 is 0 Å². The summed E-state index contributed by atoms with van der Waals surface area (Å²) in [7, 11) is -3.53. The summed E-state index contributed by atoms with van der Waals surface area (Å²) in [6, 6.07) is 5.94. The van der Waals surface area contributed by atoms with Crippen molar-refractivity contribution in [2.45, 2.75) is 11.8 Å². The van der Waals surface area contributed by atoms with Crippen LogP contribution in [0.4, 0.5) is 0 Å². The molecule has 0 spiro atoms. The fraction of sp³-hybridized carbons (Fsp3) is 0.417. The summed E-state index contributed by atoms with van der Waals surface area (Å²) in [5.41, 5.74) is 0. The second-order valence-corrected chi connectivity index (χ2v) is 7.04. The Morgan fingerprint density at radius 2 is 1.89 bits per heavy atom. The fourth-order valence-electron chi connectivity index (χ4n) is 1.94. The summed E-state index contributed by atoms with van der Waals surface area (Å²) < 4.78 is 25.7. The van der Waals surface area contributed by atoms with E-state index in [0.717, 1.165) is 0 Å². The van der Waals surface area contributed by atoms with Gasteiger partial charge in [-0.3, -0.25) is 4.79 Å². The second kappa shape index (κ2) is 5.11. The number of nitrogens with zero attached hydrogens (tertiary/aromatic N) is 1. The number of hydrogen-bond acceptors (Lipinski definition) is 3. The van der Waals surface area contributed by atoms with Crippen molar-refractivity contribution in [1.29, 1.82) is 0 Å². The van der Waals surface area contributed by atoms with Crippen LogP contribution in [-0.2, 0) is 14.8 Å². The largest absolute Gasteiger partial charge is 0.481 e. The van der Waals surface area contributed by atoms with Gasteiger partial charge in [0.15, 0.2) is 0 Å². The summed E-state index contributed by atoms with van der Waals surface area (Å²) >= 11 is 5.72. The minimum absolute atomic E-state index is 0.125. The number of rotatable bonds is 4. The molecule has 104 valence electrons. The van der Waals surface area contributed by atoms with Crippen LogP contribution in [-0.4, -0.2) is 36.9 Å². The van der Waals surface area contributed by atoms with E-state index in [2.05, 4.69) is 0 Å². The number of carboxylic acid groups (broad SMARTS) is 1. The van der Waals surface area contributed by atoms with Gasteiger partial charge in [0.1, 0.15) is 0 Å². The Hall–Kier alpha value is -1.11. The van der Waals surface area contributed by atoms with Gasteiger partial charge in [0.25, 0.3) is 0 Å². The molecule has 0 aromatic heterocycles. The smallest absolute Gasteiger partial charge is 0.306 e. The van der Waals surface area contributed by atoms with E-state index in [1.165, 1.54) is 28.6 Å². The third kappa shape index (κ3) is 2.75. The first-order valence-corrected chi connectivity index (χ1v) is 7.62. The third-order valence-corrected chi connectivity index (χ3v) is 5.52. The number of carbonyl (C=O) groups is 1. The van der Waals surface area contributed by atoms with Crippen molar-refractivity contribution in [2.75, 3.05) is 13.1 Å². The standard InChI is InChI=1S/C12H14ClNO4S/c1-8(12(15)16)9-6-14(7-9)19(17,18)11-4-2-10(13)3-5-11/h2-5,8-9H,6-7H2,1H3,(H,15,16). The molecular weight excluding hydrogens is 290 g/mol. The lowest BCUT2D eigenvalue weighted by Crippen LogP contribution is -2.53. The molecule has 1 heterocycles. The number of hydrogen-bond donors (Lipinski definition) is 1. The maximum Gasteiger partial charge on any atom is 0.306 e. The van der Waals surface area contributed by atoms with Gasteiger partial charge in [-0.2, -0.15) is 4.31 Å². The molecule has 1 saturated heterocycles. The topological polar surface area (TPSA) is 74.7 Å². The maximum absolute atomic E-state index is 12.2. The predicted molar refractivity (Wildman–Crippen MR) is 70.5 cm³/mol. The van der Waals surface area contributed by atoms with Crippen molar-refractivity contribution in [3.63, 3.8) is 0 Å². The molecule has 19 heavy (non-hydrogen) atoms. The lowest BCUT2D eigenvalue weighted by Gasteiger charge is -2.39. The lowest BCUT2D eigenvalue weighted by atomic mass is 9.89. The van der Waals surface area contributed by atoms with Crippen molar-refractivity contribution in [1.82, 2.24) is 4.31 Å². The molecule has 7 heteroatoms. The zero-order valence-electron chi connectivity index (χ0n) is 10.3. The van der Waals surface area contributed by atoms with Gasteiger partial charge >= 0.3 is 5.97 Å². The van der Waals surface area contributed by atoms with E-state index in [1.54, 1.807) is 6.92 Å². The van der Waals surface area contributed by atoms with E-state index in [0.29, 0.717) is 5.02 Å². The first kappa shape index (κ1) is 14.3. The van der Waals surface area contributed by atoms with Crippen molar-refractivity contribution in [3.05, 3.63) is 29.3 Å². The summed E-state index contributed by atoms with van der Waals surface area (Å²) in [6.45, 7) is 2.09. The highest BCUT2D eigenvalue weighted by atomic mass is 35.5. The van der Waals surface area contributed by atoms with Gasteiger partial charge < -0.3 is 5.11 Å². The zero-order valence-corrected chi connectivity index (χ0v) is 11.9. The maximum atomic E-state index is 12.2. The fourth-order valence-corrected chi connectivity index (χ4v) is 3.62. The van der Waals surface area contributed by atoms with E-state index in [-0.39, 0.29) is 23.9 Å². The van der Waals surface area contributed by atoms with Crippen LogP contribution in [0.25, 0.3) is 0 Å². The molecule has 2 rings (SSSR count). The summed E-state index contributed by atoms with van der Waals surface area (Å²) in [5, 5.41) is 9.34. The molecule has 1 aliphatic rings. The minimum Gasteiger partial charge on any atom is -0.481 e. The first-order valence-electron chi connectivity index (χ1n) is 5.81. The Morgan fingerprint density at radius 1 is 1.37 bits per heavy atom. The zero-order chi connectivity index (χ0) is 14.2. The first-order chi connectivity index (χ1) is 8.82. The lowest BCUT2D eigenvalue weighted by molar-refractivity contribution is -0.144. The summed E-state index contributed by atoms with van der Waals surface area (Å²) in [5.74, 6) is -1.55. The quantitative estimate of drug-likeness (QED) is 0.918. The number of benzene rings is 1. The van der Waals surface area contributed by atoms with Crippen molar-refractivity contribution >= 4 is 27.6 Å². The molecule has 0 aliphatic carbocycles. The monoisotopic (exact) mass is 303 g/mol. The molecule has 5 nitrogen and oxygen atoms in total. The molecular formula is C12H14ClNO4S. The van der Waals surface area contributed by atoms with Gasteiger partial charge in [-0.1, -0.05) is 18.5 Å². The molecule has 1 unspecified atom stereocenters. The highest BCUT2D eigenvalue weighted by Crippen LogP contribution is 2.30. The summed E-state index contributed by atoms with van der Waals surface area (Å²) in [6.07, 6.45) is 0. The van der Waals surface area contributed by atoms with Crippen LogP contribution in [0.15, 0.2) is 29.2 Å². The number of aliphatic carboxylic acids is 1. The van der Waals surface area contributed by atoms with Crippen LogP contribution in [0, 0.1) is 11.8 Å². The molecule has 1 aliphatic heterocycles. The Bertz CT molecular complexity index is 578. The number of sulfonamides is 1. The SMILES string of the molecule is CC(C(=O)O)C1CN(S(=O)(=O)c2ccc(Cl)cc2)C1.